The lowest BCUT2D eigenvalue weighted by atomic mass is 9.90. The van der Waals surface area contributed by atoms with E-state index in [1.54, 1.807) is 42.5 Å². The summed E-state index contributed by atoms with van der Waals surface area (Å²) in [7, 11) is 0. The number of benzene rings is 2. The zero-order valence-corrected chi connectivity index (χ0v) is 9.14. The van der Waals surface area contributed by atoms with Crippen LogP contribution in [0.1, 0.15) is 17.0 Å². The number of rotatable bonds is 3. The first-order valence-corrected chi connectivity index (χ1v) is 5.29. The van der Waals surface area contributed by atoms with Gasteiger partial charge in [-0.25, -0.2) is 4.39 Å². The molecule has 0 bridgehead atoms. The van der Waals surface area contributed by atoms with Crippen LogP contribution < -0.4 is 5.73 Å². The summed E-state index contributed by atoms with van der Waals surface area (Å²) < 4.78 is 13.7. The quantitative estimate of drug-likeness (QED) is 0.863. The summed E-state index contributed by atoms with van der Waals surface area (Å²) >= 11 is 0. The molecule has 2 N–H and O–H groups in total. The third-order valence-corrected chi connectivity index (χ3v) is 2.63. The van der Waals surface area contributed by atoms with Crippen molar-refractivity contribution in [3.63, 3.8) is 0 Å². The van der Waals surface area contributed by atoms with Crippen molar-refractivity contribution in [2.24, 2.45) is 5.73 Å². The summed E-state index contributed by atoms with van der Waals surface area (Å²) in [6, 6.07) is 15.1. The molecule has 2 nitrogen and oxygen atoms in total. The van der Waals surface area contributed by atoms with Crippen LogP contribution in [-0.4, -0.2) is 5.91 Å². The zero-order chi connectivity index (χ0) is 12.3. The van der Waals surface area contributed by atoms with Crippen LogP contribution in [0.25, 0.3) is 0 Å². The largest absolute Gasteiger partial charge is 0.369 e. The van der Waals surface area contributed by atoms with Gasteiger partial charge >= 0.3 is 0 Å². The Morgan fingerprint density at radius 1 is 1.00 bits per heavy atom. The smallest absolute Gasteiger partial charge is 0.229 e. The first kappa shape index (κ1) is 11.3. The van der Waals surface area contributed by atoms with Crippen molar-refractivity contribution in [1.29, 1.82) is 0 Å². The minimum atomic E-state index is -0.739. The molecule has 2 rings (SSSR count). The number of nitrogens with two attached hydrogens (primary N) is 1. The predicted molar refractivity (Wildman–Crippen MR) is 63.9 cm³/mol. The van der Waals surface area contributed by atoms with Gasteiger partial charge in [0.2, 0.25) is 5.91 Å². The maximum atomic E-state index is 13.7. The van der Waals surface area contributed by atoms with Crippen molar-refractivity contribution < 1.29 is 9.18 Å². The number of halogens is 1. The molecule has 3 heteroatoms. The Labute approximate surface area is 98.9 Å². The molecule has 0 spiro atoms. The fourth-order valence-corrected chi connectivity index (χ4v) is 1.85. The number of hydrogen-bond acceptors (Lipinski definition) is 1. The maximum Gasteiger partial charge on any atom is 0.229 e. The lowest BCUT2D eigenvalue weighted by Crippen LogP contribution is -2.23. The van der Waals surface area contributed by atoms with E-state index in [0.717, 1.165) is 0 Å². The summed E-state index contributed by atoms with van der Waals surface area (Å²) in [6.07, 6.45) is 0. The van der Waals surface area contributed by atoms with Gasteiger partial charge in [-0.15, -0.1) is 0 Å². The van der Waals surface area contributed by atoms with E-state index in [2.05, 4.69) is 0 Å². The zero-order valence-electron chi connectivity index (χ0n) is 9.14. The number of primary amides is 1. The normalized spacial score (nSPS) is 12.1. The van der Waals surface area contributed by atoms with E-state index in [1.165, 1.54) is 6.07 Å². The molecule has 0 heterocycles. The predicted octanol–water partition coefficient (Wildman–Crippen LogP) is 2.44. The monoisotopic (exact) mass is 229 g/mol. The average Bonchev–Trinajstić information content (AvgIpc) is 2.33. The molecule has 86 valence electrons. The number of carbonyl (C=O) groups is 1. The van der Waals surface area contributed by atoms with Gasteiger partial charge in [-0.05, 0) is 11.6 Å². The van der Waals surface area contributed by atoms with E-state index in [1.807, 2.05) is 6.07 Å². The van der Waals surface area contributed by atoms with Crippen molar-refractivity contribution in [3.8, 4) is 0 Å². The summed E-state index contributed by atoms with van der Waals surface area (Å²) in [5, 5.41) is 0. The molecular formula is C14H12FNO. The Kier molecular flexibility index (Phi) is 3.19. The molecule has 0 aliphatic carbocycles. The second-order valence-corrected chi connectivity index (χ2v) is 3.77. The third-order valence-electron chi connectivity index (χ3n) is 2.63. The fourth-order valence-electron chi connectivity index (χ4n) is 1.85. The summed E-state index contributed by atoms with van der Waals surface area (Å²) in [6.45, 7) is 0. The van der Waals surface area contributed by atoms with Crippen molar-refractivity contribution in [2.45, 2.75) is 5.92 Å². The Hall–Kier alpha value is -2.16. The lowest BCUT2D eigenvalue weighted by Gasteiger charge is -2.14. The molecule has 17 heavy (non-hydrogen) atoms. The molecule has 2 aromatic carbocycles. The van der Waals surface area contributed by atoms with Gasteiger partial charge in [0.15, 0.2) is 0 Å². The van der Waals surface area contributed by atoms with Crippen LogP contribution in [0.2, 0.25) is 0 Å². The van der Waals surface area contributed by atoms with Crippen molar-refractivity contribution in [3.05, 3.63) is 71.5 Å². The van der Waals surface area contributed by atoms with Crippen LogP contribution in [0, 0.1) is 5.82 Å². The first-order valence-electron chi connectivity index (χ1n) is 5.29. The number of carbonyl (C=O) groups excluding carboxylic acids is 1. The van der Waals surface area contributed by atoms with Crippen molar-refractivity contribution in [2.75, 3.05) is 0 Å². The Bertz CT molecular complexity index is 525. The van der Waals surface area contributed by atoms with E-state index >= 15 is 0 Å². The molecule has 0 fully saturated rings. The molecule has 1 amide bonds. The highest BCUT2D eigenvalue weighted by Gasteiger charge is 2.22. The van der Waals surface area contributed by atoms with Gasteiger partial charge in [0.05, 0.1) is 5.92 Å². The lowest BCUT2D eigenvalue weighted by molar-refractivity contribution is -0.118. The maximum absolute atomic E-state index is 13.7. The van der Waals surface area contributed by atoms with Crippen LogP contribution in [0.4, 0.5) is 4.39 Å². The molecule has 1 atom stereocenters. The minimum Gasteiger partial charge on any atom is -0.369 e. The van der Waals surface area contributed by atoms with Gasteiger partial charge in [-0.3, -0.25) is 4.79 Å². The van der Waals surface area contributed by atoms with Crippen LogP contribution in [0.5, 0.6) is 0 Å². The molecule has 0 aromatic heterocycles. The number of amides is 1. The number of hydrogen-bond donors (Lipinski definition) is 1. The molecule has 0 saturated carbocycles. The standard InChI is InChI=1S/C14H12FNO/c15-12-9-5-4-8-11(12)13(14(16)17)10-6-2-1-3-7-10/h1-9,13H,(H2,16,17). The Morgan fingerprint density at radius 3 is 2.18 bits per heavy atom. The van der Waals surface area contributed by atoms with E-state index in [0.29, 0.717) is 11.1 Å². The average molecular weight is 229 g/mol. The minimum absolute atomic E-state index is 0.311. The van der Waals surface area contributed by atoms with E-state index in [9.17, 15) is 9.18 Å². The van der Waals surface area contributed by atoms with E-state index in [4.69, 9.17) is 5.73 Å². The van der Waals surface area contributed by atoms with Gasteiger partial charge < -0.3 is 5.73 Å². The van der Waals surface area contributed by atoms with Crippen LogP contribution >= 0.6 is 0 Å². The van der Waals surface area contributed by atoms with Crippen molar-refractivity contribution in [1.82, 2.24) is 0 Å². The first-order chi connectivity index (χ1) is 8.20. The van der Waals surface area contributed by atoms with Gasteiger partial charge in [-0.2, -0.15) is 0 Å². The third kappa shape index (κ3) is 2.33. The Morgan fingerprint density at radius 2 is 1.59 bits per heavy atom. The summed E-state index contributed by atoms with van der Waals surface area (Å²) in [4.78, 5) is 11.5. The summed E-state index contributed by atoms with van der Waals surface area (Å²) in [5.74, 6) is -1.71. The highest BCUT2D eigenvalue weighted by Crippen LogP contribution is 2.26. The van der Waals surface area contributed by atoms with E-state index < -0.39 is 17.6 Å². The van der Waals surface area contributed by atoms with Gasteiger partial charge in [0.1, 0.15) is 5.82 Å². The molecule has 0 saturated heterocycles. The van der Waals surface area contributed by atoms with Gasteiger partial charge in [0.25, 0.3) is 0 Å². The van der Waals surface area contributed by atoms with Crippen LogP contribution in [0.15, 0.2) is 54.6 Å². The van der Waals surface area contributed by atoms with Crippen molar-refractivity contribution >= 4 is 5.91 Å². The SMILES string of the molecule is NC(=O)C(c1ccccc1)c1ccccc1F. The topological polar surface area (TPSA) is 43.1 Å². The second kappa shape index (κ2) is 4.78. The molecule has 1 unspecified atom stereocenters. The van der Waals surface area contributed by atoms with Gasteiger partial charge in [-0.1, -0.05) is 48.5 Å². The van der Waals surface area contributed by atoms with E-state index in [-0.39, 0.29) is 0 Å². The molecule has 0 radical (unpaired) electrons. The summed E-state index contributed by atoms with van der Waals surface area (Å²) in [5.41, 5.74) is 6.37. The molecule has 0 aliphatic rings. The second-order valence-electron chi connectivity index (χ2n) is 3.77. The molecular weight excluding hydrogens is 217 g/mol. The molecule has 2 aromatic rings. The molecule has 0 aliphatic heterocycles. The van der Waals surface area contributed by atoms with Gasteiger partial charge in [0, 0.05) is 5.56 Å². The highest BCUT2D eigenvalue weighted by atomic mass is 19.1. The van der Waals surface area contributed by atoms with Crippen LogP contribution in [-0.2, 0) is 4.79 Å². The highest BCUT2D eigenvalue weighted by molar-refractivity contribution is 5.85. The Balaban J connectivity index is 2.51. The fraction of sp³-hybridized carbons (Fsp3) is 0.0714. The van der Waals surface area contributed by atoms with Crippen LogP contribution in [0.3, 0.4) is 0 Å².